The minimum atomic E-state index is -0.401. The van der Waals surface area contributed by atoms with Gasteiger partial charge in [0.15, 0.2) is 0 Å². The molecule has 1 heterocycles. The number of methoxy groups -OCH3 is 2. The van der Waals surface area contributed by atoms with E-state index >= 15 is 0 Å². The lowest BCUT2D eigenvalue weighted by Gasteiger charge is -2.12. The maximum atomic E-state index is 12.7. The number of nitrogens with one attached hydrogen (secondary N) is 2. The Bertz CT molecular complexity index is 1070. The van der Waals surface area contributed by atoms with Crippen LogP contribution in [0.2, 0.25) is 0 Å². The molecular formula is C21H19N5O3. The Balaban J connectivity index is 1.81. The van der Waals surface area contributed by atoms with Gasteiger partial charge in [0, 0.05) is 17.4 Å². The topological polar surface area (TPSA) is 109 Å². The highest BCUT2D eigenvalue weighted by atomic mass is 16.5. The summed E-state index contributed by atoms with van der Waals surface area (Å²) >= 11 is 0. The summed E-state index contributed by atoms with van der Waals surface area (Å²) in [5, 5.41) is 14.7. The number of benzene rings is 2. The molecule has 146 valence electrons. The van der Waals surface area contributed by atoms with E-state index in [1.165, 1.54) is 7.11 Å². The zero-order valence-corrected chi connectivity index (χ0v) is 16.2. The summed E-state index contributed by atoms with van der Waals surface area (Å²) in [4.78, 5) is 21.3. The van der Waals surface area contributed by atoms with Crippen molar-refractivity contribution < 1.29 is 14.3 Å². The van der Waals surface area contributed by atoms with Crippen molar-refractivity contribution >= 4 is 23.2 Å². The highest BCUT2D eigenvalue weighted by Gasteiger charge is 2.14. The molecule has 1 aromatic heterocycles. The van der Waals surface area contributed by atoms with Gasteiger partial charge in [0.1, 0.15) is 17.2 Å². The molecule has 1 amide bonds. The van der Waals surface area contributed by atoms with Crippen molar-refractivity contribution in [3.63, 3.8) is 0 Å². The molecule has 0 saturated heterocycles. The highest BCUT2D eigenvalue weighted by molar-refractivity contribution is 6.04. The summed E-state index contributed by atoms with van der Waals surface area (Å²) in [5.41, 5.74) is 2.58. The Labute approximate surface area is 168 Å². The van der Waals surface area contributed by atoms with Gasteiger partial charge >= 0.3 is 0 Å². The largest absolute Gasteiger partial charge is 0.497 e. The number of anilines is 3. The molecule has 0 spiro atoms. The summed E-state index contributed by atoms with van der Waals surface area (Å²) in [6, 6.07) is 15.6. The van der Waals surface area contributed by atoms with Gasteiger partial charge in [-0.1, -0.05) is 0 Å². The SMILES string of the molecule is COc1ccc(NC(=O)c2cc(C)nc(Nc3ccc(C#N)cc3)n2)c(OC)c1. The quantitative estimate of drug-likeness (QED) is 0.662. The van der Waals surface area contributed by atoms with Crippen LogP contribution < -0.4 is 20.1 Å². The smallest absolute Gasteiger partial charge is 0.274 e. The molecule has 3 rings (SSSR count). The van der Waals surface area contributed by atoms with Crippen molar-refractivity contribution in [2.75, 3.05) is 24.9 Å². The van der Waals surface area contributed by atoms with Crippen LogP contribution in [0.1, 0.15) is 21.7 Å². The second-order valence-corrected chi connectivity index (χ2v) is 6.05. The number of carbonyl (C=O) groups excluding carboxylic acids is 1. The Hall–Kier alpha value is -4.12. The molecule has 0 fully saturated rings. The number of aromatic nitrogens is 2. The maximum Gasteiger partial charge on any atom is 0.274 e. The molecule has 0 aliphatic carbocycles. The van der Waals surface area contributed by atoms with Crippen LogP contribution in [0.3, 0.4) is 0 Å². The lowest BCUT2D eigenvalue weighted by Crippen LogP contribution is -2.16. The van der Waals surface area contributed by atoms with Crippen LogP contribution in [-0.2, 0) is 0 Å². The van der Waals surface area contributed by atoms with Crippen molar-refractivity contribution in [3.8, 4) is 17.6 Å². The van der Waals surface area contributed by atoms with E-state index in [-0.39, 0.29) is 11.6 Å². The summed E-state index contributed by atoms with van der Waals surface area (Å²) < 4.78 is 10.5. The molecule has 8 heteroatoms. The van der Waals surface area contributed by atoms with Gasteiger partial charge < -0.3 is 20.1 Å². The first-order valence-electron chi connectivity index (χ1n) is 8.68. The van der Waals surface area contributed by atoms with Crippen LogP contribution in [0.4, 0.5) is 17.3 Å². The second kappa shape index (κ2) is 8.71. The number of hydrogen-bond acceptors (Lipinski definition) is 7. The number of rotatable bonds is 6. The lowest BCUT2D eigenvalue weighted by atomic mass is 10.2. The van der Waals surface area contributed by atoms with E-state index in [1.807, 2.05) is 0 Å². The number of hydrogen-bond donors (Lipinski definition) is 2. The third-order valence-electron chi connectivity index (χ3n) is 4.01. The van der Waals surface area contributed by atoms with Gasteiger partial charge in [-0.25, -0.2) is 9.97 Å². The summed E-state index contributed by atoms with van der Waals surface area (Å²) in [7, 11) is 3.07. The van der Waals surface area contributed by atoms with Gasteiger partial charge in [-0.2, -0.15) is 5.26 Å². The molecule has 0 atom stereocenters. The van der Waals surface area contributed by atoms with E-state index in [4.69, 9.17) is 14.7 Å². The van der Waals surface area contributed by atoms with Crippen LogP contribution in [0.5, 0.6) is 11.5 Å². The van der Waals surface area contributed by atoms with Crippen molar-refractivity contribution in [3.05, 3.63) is 65.5 Å². The lowest BCUT2D eigenvalue weighted by molar-refractivity contribution is 0.102. The summed E-state index contributed by atoms with van der Waals surface area (Å²) in [6.45, 7) is 1.77. The van der Waals surface area contributed by atoms with Gasteiger partial charge in [-0.3, -0.25) is 4.79 Å². The van der Waals surface area contributed by atoms with Crippen LogP contribution in [-0.4, -0.2) is 30.1 Å². The first-order valence-corrected chi connectivity index (χ1v) is 8.68. The molecule has 3 aromatic rings. The molecule has 2 aromatic carbocycles. The predicted octanol–water partition coefficient (Wildman–Crippen LogP) is 3.67. The average molecular weight is 389 g/mol. The van der Waals surface area contributed by atoms with Crippen LogP contribution >= 0.6 is 0 Å². The number of nitriles is 1. The Morgan fingerprint density at radius 3 is 2.45 bits per heavy atom. The molecular weight excluding hydrogens is 370 g/mol. The Morgan fingerprint density at radius 2 is 1.79 bits per heavy atom. The first-order chi connectivity index (χ1) is 14.0. The fourth-order valence-electron chi connectivity index (χ4n) is 2.59. The normalized spacial score (nSPS) is 10.0. The fraction of sp³-hybridized carbons (Fsp3) is 0.143. The number of amides is 1. The third kappa shape index (κ3) is 4.78. The van der Waals surface area contributed by atoms with E-state index < -0.39 is 5.91 Å². The predicted molar refractivity (Wildman–Crippen MR) is 109 cm³/mol. The highest BCUT2D eigenvalue weighted by Crippen LogP contribution is 2.29. The summed E-state index contributed by atoms with van der Waals surface area (Å²) in [5.74, 6) is 0.967. The Morgan fingerprint density at radius 1 is 1.03 bits per heavy atom. The van der Waals surface area contributed by atoms with Gasteiger partial charge in [0.25, 0.3) is 5.91 Å². The number of nitrogens with zero attached hydrogens (tertiary/aromatic N) is 3. The van der Waals surface area contributed by atoms with E-state index in [0.717, 1.165) is 0 Å². The number of carbonyl (C=O) groups is 1. The zero-order chi connectivity index (χ0) is 20.8. The fourth-order valence-corrected chi connectivity index (χ4v) is 2.59. The molecule has 0 aliphatic heterocycles. The van der Waals surface area contributed by atoms with E-state index in [0.29, 0.717) is 34.1 Å². The maximum absolute atomic E-state index is 12.7. The molecule has 0 bridgehead atoms. The molecule has 29 heavy (non-hydrogen) atoms. The minimum absolute atomic E-state index is 0.200. The molecule has 0 radical (unpaired) electrons. The number of ether oxygens (including phenoxy) is 2. The average Bonchev–Trinajstić information content (AvgIpc) is 2.74. The number of aryl methyl sites for hydroxylation is 1. The molecule has 0 aliphatic rings. The van der Waals surface area contributed by atoms with E-state index in [2.05, 4.69) is 26.7 Å². The molecule has 8 nitrogen and oxygen atoms in total. The first kappa shape index (κ1) is 19.6. The van der Waals surface area contributed by atoms with E-state index in [9.17, 15) is 4.79 Å². The molecule has 0 unspecified atom stereocenters. The monoisotopic (exact) mass is 389 g/mol. The van der Waals surface area contributed by atoms with Gasteiger partial charge in [-0.15, -0.1) is 0 Å². The van der Waals surface area contributed by atoms with Gasteiger partial charge in [-0.05, 0) is 49.4 Å². The van der Waals surface area contributed by atoms with Crippen LogP contribution in [0.15, 0.2) is 48.5 Å². The van der Waals surface area contributed by atoms with Gasteiger partial charge in [0.2, 0.25) is 5.95 Å². The van der Waals surface area contributed by atoms with Crippen molar-refractivity contribution in [2.45, 2.75) is 6.92 Å². The molecule has 0 saturated carbocycles. The van der Waals surface area contributed by atoms with E-state index in [1.54, 1.807) is 62.6 Å². The van der Waals surface area contributed by atoms with Gasteiger partial charge in [0.05, 0.1) is 31.5 Å². The zero-order valence-electron chi connectivity index (χ0n) is 16.2. The van der Waals surface area contributed by atoms with Crippen molar-refractivity contribution in [1.29, 1.82) is 5.26 Å². The standard InChI is InChI=1S/C21H19N5O3/c1-13-10-18(20(27)25-17-9-8-16(28-2)11-19(17)29-3)26-21(23-13)24-15-6-4-14(12-22)5-7-15/h4-11H,1-3H3,(H,25,27)(H,23,24,26). The Kier molecular flexibility index (Phi) is 5.90. The third-order valence-corrected chi connectivity index (χ3v) is 4.01. The second-order valence-electron chi connectivity index (χ2n) is 6.05. The summed E-state index contributed by atoms with van der Waals surface area (Å²) in [6.07, 6.45) is 0. The minimum Gasteiger partial charge on any atom is -0.497 e. The molecule has 2 N–H and O–H groups in total. The van der Waals surface area contributed by atoms with Crippen molar-refractivity contribution in [1.82, 2.24) is 9.97 Å². The van der Waals surface area contributed by atoms with Crippen LogP contribution in [0, 0.1) is 18.3 Å². The van der Waals surface area contributed by atoms with Crippen molar-refractivity contribution in [2.24, 2.45) is 0 Å². The van der Waals surface area contributed by atoms with Crippen LogP contribution in [0.25, 0.3) is 0 Å².